The third-order valence-corrected chi connectivity index (χ3v) is 3.70. The standard InChI is InChI=1S/C19H18FN3O2/c1-3-25-15-7-4-13(5-8-15)17-11-18(23-22-17)19(24)21-14-6-9-16(20)12(2)10-14/h4-11H,3H2,1-2H3,(H,21,24)(H,22,23). The number of aryl methyl sites for hydroxylation is 1. The summed E-state index contributed by atoms with van der Waals surface area (Å²) in [6.45, 7) is 4.18. The molecule has 0 spiro atoms. The second-order valence-electron chi connectivity index (χ2n) is 5.54. The number of nitrogens with zero attached hydrogens (tertiary/aromatic N) is 1. The van der Waals surface area contributed by atoms with Crippen molar-refractivity contribution in [2.45, 2.75) is 13.8 Å². The lowest BCUT2D eigenvalue weighted by Gasteiger charge is -2.05. The van der Waals surface area contributed by atoms with Gasteiger partial charge in [0.2, 0.25) is 0 Å². The highest BCUT2D eigenvalue weighted by atomic mass is 19.1. The quantitative estimate of drug-likeness (QED) is 0.733. The molecule has 5 nitrogen and oxygen atoms in total. The van der Waals surface area contributed by atoms with Gasteiger partial charge in [0.1, 0.15) is 17.3 Å². The van der Waals surface area contributed by atoms with Crippen molar-refractivity contribution in [1.29, 1.82) is 0 Å². The summed E-state index contributed by atoms with van der Waals surface area (Å²) in [6, 6.07) is 13.6. The largest absolute Gasteiger partial charge is 0.494 e. The van der Waals surface area contributed by atoms with Gasteiger partial charge in [-0.3, -0.25) is 9.89 Å². The Balaban J connectivity index is 1.73. The molecule has 2 aromatic carbocycles. The van der Waals surface area contributed by atoms with Gasteiger partial charge in [0.05, 0.1) is 12.3 Å². The molecule has 25 heavy (non-hydrogen) atoms. The summed E-state index contributed by atoms with van der Waals surface area (Å²) in [4.78, 5) is 12.3. The molecule has 128 valence electrons. The zero-order valence-electron chi connectivity index (χ0n) is 14.0. The molecule has 3 rings (SSSR count). The molecule has 0 unspecified atom stereocenters. The van der Waals surface area contributed by atoms with Gasteiger partial charge in [0, 0.05) is 11.3 Å². The third kappa shape index (κ3) is 3.85. The Bertz CT molecular complexity index is 888. The Morgan fingerprint density at radius 2 is 1.96 bits per heavy atom. The van der Waals surface area contributed by atoms with Crippen LogP contribution in [0.25, 0.3) is 11.3 Å². The second kappa shape index (κ2) is 7.17. The van der Waals surface area contributed by atoms with Gasteiger partial charge < -0.3 is 10.1 Å². The van der Waals surface area contributed by atoms with Crippen LogP contribution in [0.2, 0.25) is 0 Å². The Hall–Kier alpha value is -3.15. The first kappa shape index (κ1) is 16.7. The normalized spacial score (nSPS) is 10.5. The van der Waals surface area contributed by atoms with Crippen molar-refractivity contribution in [3.05, 3.63) is 65.6 Å². The highest BCUT2D eigenvalue weighted by molar-refractivity contribution is 6.03. The molecular weight excluding hydrogens is 321 g/mol. The van der Waals surface area contributed by atoms with Gasteiger partial charge in [-0.05, 0) is 67.9 Å². The third-order valence-electron chi connectivity index (χ3n) is 3.70. The summed E-state index contributed by atoms with van der Waals surface area (Å²) < 4.78 is 18.7. The Kier molecular flexibility index (Phi) is 4.79. The number of benzene rings is 2. The van der Waals surface area contributed by atoms with E-state index in [2.05, 4.69) is 15.5 Å². The predicted molar refractivity (Wildman–Crippen MR) is 94.3 cm³/mol. The van der Waals surface area contributed by atoms with Crippen molar-refractivity contribution in [3.63, 3.8) is 0 Å². The predicted octanol–water partition coefficient (Wildman–Crippen LogP) is 4.18. The summed E-state index contributed by atoms with van der Waals surface area (Å²) in [7, 11) is 0. The van der Waals surface area contributed by atoms with E-state index in [-0.39, 0.29) is 11.7 Å². The fourth-order valence-corrected chi connectivity index (χ4v) is 2.40. The van der Waals surface area contributed by atoms with Gasteiger partial charge in [-0.1, -0.05) is 0 Å². The number of nitrogens with one attached hydrogen (secondary N) is 2. The lowest BCUT2D eigenvalue weighted by Crippen LogP contribution is -2.12. The first-order chi connectivity index (χ1) is 12.1. The number of carbonyl (C=O) groups excluding carboxylic acids is 1. The number of halogens is 1. The van der Waals surface area contributed by atoms with Gasteiger partial charge in [0.15, 0.2) is 0 Å². The van der Waals surface area contributed by atoms with Gasteiger partial charge in [-0.2, -0.15) is 5.10 Å². The van der Waals surface area contributed by atoms with Crippen molar-refractivity contribution in [1.82, 2.24) is 10.2 Å². The Morgan fingerprint density at radius 3 is 2.64 bits per heavy atom. The zero-order valence-corrected chi connectivity index (χ0v) is 14.0. The lowest BCUT2D eigenvalue weighted by molar-refractivity contribution is 0.102. The first-order valence-corrected chi connectivity index (χ1v) is 7.93. The van der Waals surface area contributed by atoms with Crippen molar-refractivity contribution >= 4 is 11.6 Å². The lowest BCUT2D eigenvalue weighted by atomic mass is 10.1. The van der Waals surface area contributed by atoms with Crippen molar-refractivity contribution in [2.24, 2.45) is 0 Å². The van der Waals surface area contributed by atoms with Crippen LogP contribution in [0.3, 0.4) is 0 Å². The summed E-state index contributed by atoms with van der Waals surface area (Å²) in [5, 5.41) is 9.61. The second-order valence-corrected chi connectivity index (χ2v) is 5.54. The Labute approximate surface area is 144 Å². The molecule has 0 fully saturated rings. The maximum atomic E-state index is 13.3. The molecule has 6 heteroatoms. The minimum atomic E-state index is -0.337. The topological polar surface area (TPSA) is 67.0 Å². The van der Waals surface area contributed by atoms with E-state index < -0.39 is 0 Å². The smallest absolute Gasteiger partial charge is 0.273 e. The van der Waals surface area contributed by atoms with Gasteiger partial charge >= 0.3 is 0 Å². The van der Waals surface area contributed by atoms with E-state index in [1.807, 2.05) is 31.2 Å². The molecule has 0 aliphatic heterocycles. The molecule has 3 aromatic rings. The molecule has 0 aliphatic carbocycles. The van der Waals surface area contributed by atoms with Crippen LogP contribution in [0.5, 0.6) is 5.75 Å². The molecule has 2 N–H and O–H groups in total. The fourth-order valence-electron chi connectivity index (χ4n) is 2.40. The highest BCUT2D eigenvalue weighted by Crippen LogP contribution is 2.22. The number of aromatic amines is 1. The summed E-state index contributed by atoms with van der Waals surface area (Å²) in [6.07, 6.45) is 0. The van der Waals surface area contributed by atoms with Crippen LogP contribution in [0, 0.1) is 12.7 Å². The Morgan fingerprint density at radius 1 is 1.20 bits per heavy atom. The van der Waals surface area contributed by atoms with Gasteiger partial charge in [-0.15, -0.1) is 0 Å². The molecule has 1 heterocycles. The van der Waals surface area contributed by atoms with E-state index in [0.29, 0.717) is 29.2 Å². The van der Waals surface area contributed by atoms with E-state index in [1.165, 1.54) is 12.1 Å². The molecule has 0 radical (unpaired) electrons. The number of hydrogen-bond donors (Lipinski definition) is 2. The minimum absolute atomic E-state index is 0.308. The molecule has 0 saturated heterocycles. The molecule has 0 saturated carbocycles. The average molecular weight is 339 g/mol. The van der Waals surface area contributed by atoms with Gasteiger partial charge in [-0.25, -0.2) is 4.39 Å². The van der Waals surface area contributed by atoms with Gasteiger partial charge in [0.25, 0.3) is 5.91 Å². The first-order valence-electron chi connectivity index (χ1n) is 7.93. The highest BCUT2D eigenvalue weighted by Gasteiger charge is 2.12. The minimum Gasteiger partial charge on any atom is -0.494 e. The zero-order chi connectivity index (χ0) is 17.8. The average Bonchev–Trinajstić information content (AvgIpc) is 3.09. The SMILES string of the molecule is CCOc1ccc(-c2cc(C(=O)Nc3ccc(F)c(C)c3)[nH]n2)cc1. The molecule has 0 atom stereocenters. The number of H-pyrrole nitrogens is 1. The number of ether oxygens (including phenoxy) is 1. The molecule has 1 amide bonds. The monoisotopic (exact) mass is 339 g/mol. The van der Waals surface area contributed by atoms with Crippen LogP contribution in [-0.2, 0) is 0 Å². The number of rotatable bonds is 5. The van der Waals surface area contributed by atoms with E-state index in [4.69, 9.17) is 4.74 Å². The number of hydrogen-bond acceptors (Lipinski definition) is 3. The number of carbonyl (C=O) groups is 1. The van der Waals surface area contributed by atoms with Crippen LogP contribution in [0.4, 0.5) is 10.1 Å². The molecule has 0 aliphatic rings. The summed E-state index contributed by atoms with van der Waals surface area (Å²) in [5.74, 6) is 0.138. The van der Waals surface area contributed by atoms with Crippen LogP contribution in [0.15, 0.2) is 48.5 Å². The fraction of sp³-hybridized carbons (Fsp3) is 0.158. The number of aromatic nitrogens is 2. The van der Waals surface area contributed by atoms with E-state index in [1.54, 1.807) is 19.1 Å². The van der Waals surface area contributed by atoms with Crippen molar-refractivity contribution in [2.75, 3.05) is 11.9 Å². The molecule has 1 aromatic heterocycles. The van der Waals surface area contributed by atoms with Crippen LogP contribution < -0.4 is 10.1 Å². The van der Waals surface area contributed by atoms with E-state index in [0.717, 1.165) is 11.3 Å². The molecular formula is C19H18FN3O2. The van der Waals surface area contributed by atoms with E-state index >= 15 is 0 Å². The maximum Gasteiger partial charge on any atom is 0.273 e. The van der Waals surface area contributed by atoms with Crippen LogP contribution >= 0.6 is 0 Å². The summed E-state index contributed by atoms with van der Waals surface area (Å²) in [5.41, 5.74) is 2.85. The summed E-state index contributed by atoms with van der Waals surface area (Å²) >= 11 is 0. The maximum absolute atomic E-state index is 13.3. The van der Waals surface area contributed by atoms with E-state index in [9.17, 15) is 9.18 Å². The van der Waals surface area contributed by atoms with Crippen molar-refractivity contribution < 1.29 is 13.9 Å². The number of amides is 1. The number of anilines is 1. The van der Waals surface area contributed by atoms with Crippen molar-refractivity contribution in [3.8, 4) is 17.0 Å². The van der Waals surface area contributed by atoms with Crippen LogP contribution in [0.1, 0.15) is 23.0 Å². The van der Waals surface area contributed by atoms with Crippen LogP contribution in [-0.4, -0.2) is 22.7 Å². The molecule has 0 bridgehead atoms.